The first-order valence-corrected chi connectivity index (χ1v) is 7.26. The summed E-state index contributed by atoms with van der Waals surface area (Å²) < 4.78 is 10.8. The number of para-hydroxylation sites is 1. The minimum atomic E-state index is 0.496. The molecule has 1 aromatic rings. The fraction of sp³-hybridized carbons (Fsp3) is 0.529. The third-order valence-electron chi connectivity index (χ3n) is 3.27. The molecule has 0 aliphatic rings. The van der Waals surface area contributed by atoms with Gasteiger partial charge in [-0.05, 0) is 24.9 Å². The van der Waals surface area contributed by atoms with E-state index in [1.54, 1.807) is 14.2 Å². The molecule has 0 fully saturated rings. The Hall–Kier alpha value is -1.48. The third-order valence-corrected chi connectivity index (χ3v) is 3.27. The van der Waals surface area contributed by atoms with E-state index in [1.807, 2.05) is 12.1 Å². The SMILES string of the molecule is CCCNCC(=Cc1cccc(OC)c1OC)C(C)C. The van der Waals surface area contributed by atoms with Gasteiger partial charge in [0, 0.05) is 12.1 Å². The van der Waals surface area contributed by atoms with Crippen LogP contribution in [0.1, 0.15) is 32.8 Å². The molecule has 0 bridgehead atoms. The third kappa shape index (κ3) is 4.57. The summed E-state index contributed by atoms with van der Waals surface area (Å²) in [5.74, 6) is 2.06. The Morgan fingerprint density at radius 2 is 2.00 bits per heavy atom. The lowest BCUT2D eigenvalue weighted by Crippen LogP contribution is -2.20. The summed E-state index contributed by atoms with van der Waals surface area (Å²) in [5, 5.41) is 3.46. The van der Waals surface area contributed by atoms with Crippen LogP contribution in [0.5, 0.6) is 11.5 Å². The minimum Gasteiger partial charge on any atom is -0.493 e. The predicted molar refractivity (Wildman–Crippen MR) is 85.5 cm³/mol. The number of ether oxygens (including phenoxy) is 2. The second-order valence-electron chi connectivity index (χ2n) is 5.13. The van der Waals surface area contributed by atoms with Crippen LogP contribution in [0.15, 0.2) is 23.8 Å². The molecule has 0 atom stereocenters. The Bertz CT molecular complexity index is 439. The highest BCUT2D eigenvalue weighted by atomic mass is 16.5. The van der Waals surface area contributed by atoms with Gasteiger partial charge in [-0.2, -0.15) is 0 Å². The molecular formula is C17H27NO2. The number of hydrogen-bond donors (Lipinski definition) is 1. The molecule has 0 amide bonds. The second kappa shape index (κ2) is 8.64. The molecule has 0 unspecified atom stereocenters. The summed E-state index contributed by atoms with van der Waals surface area (Å²) >= 11 is 0. The maximum absolute atomic E-state index is 5.48. The molecule has 1 aromatic carbocycles. The normalized spacial score (nSPS) is 11.8. The van der Waals surface area contributed by atoms with Crippen molar-refractivity contribution in [2.45, 2.75) is 27.2 Å². The maximum Gasteiger partial charge on any atom is 0.167 e. The standard InChI is InChI=1S/C17H27NO2/c1-6-10-18-12-15(13(2)3)11-14-8-7-9-16(19-4)17(14)20-5/h7-9,11,13,18H,6,10,12H2,1-5H3. The van der Waals surface area contributed by atoms with Crippen LogP contribution >= 0.6 is 0 Å². The van der Waals surface area contributed by atoms with Crippen molar-refractivity contribution in [1.29, 1.82) is 0 Å². The van der Waals surface area contributed by atoms with E-state index in [2.05, 4.69) is 38.2 Å². The number of rotatable bonds is 8. The predicted octanol–water partition coefficient (Wildman–Crippen LogP) is 3.74. The zero-order valence-corrected chi connectivity index (χ0v) is 13.3. The van der Waals surface area contributed by atoms with Crippen molar-refractivity contribution < 1.29 is 9.47 Å². The lowest BCUT2D eigenvalue weighted by atomic mass is 9.99. The zero-order valence-electron chi connectivity index (χ0n) is 13.3. The molecule has 1 N–H and O–H groups in total. The van der Waals surface area contributed by atoms with E-state index in [4.69, 9.17) is 9.47 Å². The molecule has 0 spiro atoms. The molecule has 20 heavy (non-hydrogen) atoms. The van der Waals surface area contributed by atoms with Gasteiger partial charge in [-0.3, -0.25) is 0 Å². The van der Waals surface area contributed by atoms with E-state index in [0.717, 1.165) is 36.6 Å². The maximum atomic E-state index is 5.48. The van der Waals surface area contributed by atoms with Crippen LogP contribution in [0.25, 0.3) is 6.08 Å². The average molecular weight is 277 g/mol. The summed E-state index contributed by atoms with van der Waals surface area (Å²) in [6.45, 7) is 8.56. The van der Waals surface area contributed by atoms with Gasteiger partial charge < -0.3 is 14.8 Å². The van der Waals surface area contributed by atoms with Crippen LogP contribution in [0, 0.1) is 5.92 Å². The Kier molecular flexibility index (Phi) is 7.16. The van der Waals surface area contributed by atoms with Crippen molar-refractivity contribution in [1.82, 2.24) is 5.32 Å². The van der Waals surface area contributed by atoms with Gasteiger partial charge >= 0.3 is 0 Å². The van der Waals surface area contributed by atoms with E-state index in [9.17, 15) is 0 Å². The second-order valence-corrected chi connectivity index (χ2v) is 5.13. The van der Waals surface area contributed by atoms with Crippen molar-refractivity contribution in [2.24, 2.45) is 5.92 Å². The van der Waals surface area contributed by atoms with Crippen molar-refractivity contribution in [3.8, 4) is 11.5 Å². The van der Waals surface area contributed by atoms with Crippen LogP contribution in [0.3, 0.4) is 0 Å². The quantitative estimate of drug-likeness (QED) is 0.734. The van der Waals surface area contributed by atoms with Crippen LogP contribution in [0.2, 0.25) is 0 Å². The van der Waals surface area contributed by atoms with Crippen molar-refractivity contribution >= 4 is 6.08 Å². The highest BCUT2D eigenvalue weighted by Gasteiger charge is 2.10. The van der Waals surface area contributed by atoms with Crippen LogP contribution in [0.4, 0.5) is 0 Å². The molecule has 0 aliphatic heterocycles. The average Bonchev–Trinajstić information content (AvgIpc) is 2.45. The molecular weight excluding hydrogens is 250 g/mol. The fourth-order valence-corrected chi connectivity index (χ4v) is 2.06. The molecule has 1 rings (SSSR count). The lowest BCUT2D eigenvalue weighted by Gasteiger charge is -2.15. The Balaban J connectivity index is 3.03. The van der Waals surface area contributed by atoms with Gasteiger partial charge in [0.1, 0.15) is 0 Å². The molecule has 3 nitrogen and oxygen atoms in total. The van der Waals surface area contributed by atoms with Gasteiger partial charge in [-0.25, -0.2) is 0 Å². The van der Waals surface area contributed by atoms with E-state index in [1.165, 1.54) is 5.57 Å². The first kappa shape index (κ1) is 16.6. The van der Waals surface area contributed by atoms with E-state index in [0.29, 0.717) is 5.92 Å². The summed E-state index contributed by atoms with van der Waals surface area (Å²) in [5.41, 5.74) is 2.43. The van der Waals surface area contributed by atoms with Crippen molar-refractivity contribution in [2.75, 3.05) is 27.3 Å². The van der Waals surface area contributed by atoms with Gasteiger partial charge in [0.15, 0.2) is 11.5 Å². The van der Waals surface area contributed by atoms with Gasteiger partial charge in [-0.1, -0.05) is 44.6 Å². The molecule has 3 heteroatoms. The molecule has 0 saturated heterocycles. The number of benzene rings is 1. The summed E-state index contributed by atoms with van der Waals surface area (Å²) in [6, 6.07) is 5.97. The molecule has 0 radical (unpaired) electrons. The number of nitrogens with one attached hydrogen (secondary N) is 1. The van der Waals surface area contributed by atoms with Crippen molar-refractivity contribution in [3.05, 3.63) is 29.3 Å². The first-order valence-electron chi connectivity index (χ1n) is 7.26. The lowest BCUT2D eigenvalue weighted by molar-refractivity contribution is 0.354. The molecule has 0 aromatic heterocycles. The highest BCUT2D eigenvalue weighted by Crippen LogP contribution is 2.32. The molecule has 112 valence electrons. The van der Waals surface area contributed by atoms with Crippen LogP contribution in [-0.4, -0.2) is 27.3 Å². The van der Waals surface area contributed by atoms with E-state index in [-0.39, 0.29) is 0 Å². The summed E-state index contributed by atoms with van der Waals surface area (Å²) in [4.78, 5) is 0. The summed E-state index contributed by atoms with van der Waals surface area (Å²) in [7, 11) is 3.34. The van der Waals surface area contributed by atoms with Crippen LogP contribution < -0.4 is 14.8 Å². The highest BCUT2D eigenvalue weighted by molar-refractivity contribution is 5.64. The van der Waals surface area contributed by atoms with Gasteiger partial charge in [0.2, 0.25) is 0 Å². The number of hydrogen-bond acceptors (Lipinski definition) is 3. The van der Waals surface area contributed by atoms with E-state index < -0.39 is 0 Å². The Labute approximate surface area is 123 Å². The smallest absolute Gasteiger partial charge is 0.167 e. The first-order chi connectivity index (χ1) is 9.63. The minimum absolute atomic E-state index is 0.496. The Morgan fingerprint density at radius 1 is 1.25 bits per heavy atom. The Morgan fingerprint density at radius 3 is 2.55 bits per heavy atom. The monoisotopic (exact) mass is 277 g/mol. The van der Waals surface area contributed by atoms with Crippen molar-refractivity contribution in [3.63, 3.8) is 0 Å². The van der Waals surface area contributed by atoms with E-state index >= 15 is 0 Å². The molecule has 0 heterocycles. The zero-order chi connectivity index (χ0) is 15.0. The number of methoxy groups -OCH3 is 2. The largest absolute Gasteiger partial charge is 0.493 e. The van der Waals surface area contributed by atoms with Gasteiger partial charge in [0.05, 0.1) is 14.2 Å². The molecule has 0 aliphatic carbocycles. The van der Waals surface area contributed by atoms with Crippen LogP contribution in [-0.2, 0) is 0 Å². The molecule has 0 saturated carbocycles. The summed E-state index contributed by atoms with van der Waals surface area (Å²) in [6.07, 6.45) is 3.35. The fourth-order valence-electron chi connectivity index (χ4n) is 2.06. The van der Waals surface area contributed by atoms with Gasteiger partial charge in [-0.15, -0.1) is 0 Å². The van der Waals surface area contributed by atoms with Gasteiger partial charge in [0.25, 0.3) is 0 Å². The topological polar surface area (TPSA) is 30.5 Å².